The molecule has 0 N–H and O–H groups in total. The highest BCUT2D eigenvalue weighted by molar-refractivity contribution is 9.10. The van der Waals surface area contributed by atoms with E-state index in [4.69, 9.17) is 4.42 Å². The molecule has 0 atom stereocenters. The van der Waals surface area contributed by atoms with Crippen LogP contribution in [-0.2, 0) is 6.54 Å². The second-order valence-corrected chi connectivity index (χ2v) is 5.74. The fourth-order valence-corrected chi connectivity index (χ4v) is 2.60. The predicted octanol–water partition coefficient (Wildman–Crippen LogP) is 4.12. The van der Waals surface area contributed by atoms with Crippen molar-refractivity contribution in [2.24, 2.45) is 0 Å². The minimum Gasteiger partial charge on any atom is -0.467 e. The molecular weight excluding hydrogens is 324 g/mol. The van der Waals surface area contributed by atoms with Crippen molar-refractivity contribution < 1.29 is 9.34 Å². The van der Waals surface area contributed by atoms with Crippen molar-refractivity contribution in [1.82, 2.24) is 0 Å². The van der Waals surface area contributed by atoms with Gasteiger partial charge in [-0.25, -0.2) is 0 Å². The Morgan fingerprint density at radius 1 is 1.40 bits per heavy atom. The van der Waals surface area contributed by atoms with Gasteiger partial charge in [0.2, 0.25) is 0 Å². The number of nitro benzene ring substituents is 1. The normalized spacial score (nSPS) is 14.2. The van der Waals surface area contributed by atoms with Gasteiger partial charge in [-0.1, -0.05) is 15.9 Å². The molecule has 20 heavy (non-hydrogen) atoms. The molecule has 1 fully saturated rings. The summed E-state index contributed by atoms with van der Waals surface area (Å²) in [5, 5.41) is 11.3. The number of nitrogens with zero attached hydrogens (tertiary/aromatic N) is 2. The minimum absolute atomic E-state index is 0.123. The number of rotatable bonds is 5. The number of hydrogen-bond acceptors (Lipinski definition) is 4. The maximum atomic E-state index is 11.3. The van der Waals surface area contributed by atoms with E-state index in [0.29, 0.717) is 22.7 Å². The number of furan rings is 1. The highest BCUT2D eigenvalue weighted by Crippen LogP contribution is 2.39. The molecule has 0 bridgehead atoms. The fraction of sp³-hybridized carbons (Fsp3) is 0.286. The van der Waals surface area contributed by atoms with Gasteiger partial charge in [0, 0.05) is 16.6 Å². The van der Waals surface area contributed by atoms with Gasteiger partial charge in [-0.05, 0) is 37.1 Å². The maximum absolute atomic E-state index is 11.3. The van der Waals surface area contributed by atoms with Gasteiger partial charge in [-0.3, -0.25) is 10.1 Å². The Hall–Kier alpha value is -1.82. The van der Waals surface area contributed by atoms with Crippen LogP contribution in [0, 0.1) is 10.1 Å². The van der Waals surface area contributed by atoms with Crippen molar-refractivity contribution in [3.8, 4) is 0 Å². The Bertz CT molecular complexity index is 623. The van der Waals surface area contributed by atoms with Crippen LogP contribution in [0.4, 0.5) is 11.4 Å². The van der Waals surface area contributed by atoms with Gasteiger partial charge < -0.3 is 9.32 Å². The van der Waals surface area contributed by atoms with Crippen LogP contribution in [0.2, 0.25) is 0 Å². The van der Waals surface area contributed by atoms with E-state index in [1.54, 1.807) is 18.4 Å². The number of anilines is 1. The SMILES string of the molecule is O=[N+]([O-])c1cc(Br)ccc1N(Cc1ccco1)C1CC1. The lowest BCUT2D eigenvalue weighted by atomic mass is 10.2. The molecule has 1 aliphatic rings. The zero-order valence-corrected chi connectivity index (χ0v) is 12.2. The lowest BCUT2D eigenvalue weighted by Crippen LogP contribution is -2.25. The lowest BCUT2D eigenvalue weighted by Gasteiger charge is -2.23. The van der Waals surface area contributed by atoms with E-state index in [2.05, 4.69) is 20.8 Å². The maximum Gasteiger partial charge on any atom is 0.293 e. The molecule has 5 nitrogen and oxygen atoms in total. The smallest absolute Gasteiger partial charge is 0.293 e. The van der Waals surface area contributed by atoms with Crippen LogP contribution in [0.15, 0.2) is 45.5 Å². The zero-order chi connectivity index (χ0) is 14.1. The van der Waals surface area contributed by atoms with Gasteiger partial charge in [-0.2, -0.15) is 0 Å². The average molecular weight is 337 g/mol. The quantitative estimate of drug-likeness (QED) is 0.608. The van der Waals surface area contributed by atoms with Gasteiger partial charge in [0.15, 0.2) is 0 Å². The fourth-order valence-electron chi connectivity index (χ4n) is 2.25. The molecule has 3 rings (SSSR count). The first kappa shape index (κ1) is 13.2. The summed E-state index contributed by atoms with van der Waals surface area (Å²) < 4.78 is 6.08. The van der Waals surface area contributed by atoms with E-state index >= 15 is 0 Å². The van der Waals surface area contributed by atoms with Gasteiger partial charge >= 0.3 is 0 Å². The zero-order valence-electron chi connectivity index (χ0n) is 10.7. The summed E-state index contributed by atoms with van der Waals surface area (Å²) in [6, 6.07) is 9.26. The van der Waals surface area contributed by atoms with Gasteiger partial charge in [0.1, 0.15) is 11.4 Å². The Morgan fingerprint density at radius 3 is 2.80 bits per heavy atom. The number of benzene rings is 1. The van der Waals surface area contributed by atoms with Crippen LogP contribution in [0.3, 0.4) is 0 Å². The molecule has 104 valence electrons. The molecule has 6 heteroatoms. The van der Waals surface area contributed by atoms with Crippen molar-refractivity contribution in [2.75, 3.05) is 4.90 Å². The molecule has 1 aromatic carbocycles. The monoisotopic (exact) mass is 336 g/mol. The molecule has 0 radical (unpaired) electrons. The Morgan fingerprint density at radius 2 is 2.20 bits per heavy atom. The largest absolute Gasteiger partial charge is 0.467 e. The topological polar surface area (TPSA) is 59.5 Å². The molecule has 2 aromatic rings. The Balaban J connectivity index is 1.97. The molecule has 1 heterocycles. The van der Waals surface area contributed by atoms with Crippen LogP contribution in [0.25, 0.3) is 0 Å². The van der Waals surface area contributed by atoms with E-state index < -0.39 is 0 Å². The highest BCUT2D eigenvalue weighted by Gasteiger charge is 2.33. The second-order valence-electron chi connectivity index (χ2n) is 4.83. The van der Waals surface area contributed by atoms with Crippen molar-refractivity contribution in [1.29, 1.82) is 0 Å². The van der Waals surface area contributed by atoms with E-state index in [-0.39, 0.29) is 10.6 Å². The Labute approximate surface area is 124 Å². The van der Waals surface area contributed by atoms with Crippen LogP contribution in [-0.4, -0.2) is 11.0 Å². The van der Waals surface area contributed by atoms with Crippen LogP contribution in [0.1, 0.15) is 18.6 Å². The van der Waals surface area contributed by atoms with E-state index in [0.717, 1.165) is 18.6 Å². The third kappa shape index (κ3) is 2.70. The minimum atomic E-state index is -0.336. The van der Waals surface area contributed by atoms with Crippen molar-refractivity contribution in [3.05, 3.63) is 56.9 Å². The summed E-state index contributed by atoms with van der Waals surface area (Å²) in [6.07, 6.45) is 3.75. The number of nitro groups is 1. The molecule has 0 saturated heterocycles. The van der Waals surface area contributed by atoms with Crippen molar-refractivity contribution in [3.63, 3.8) is 0 Å². The molecule has 0 amide bonds. The van der Waals surface area contributed by atoms with Crippen LogP contribution < -0.4 is 4.90 Å². The van der Waals surface area contributed by atoms with Crippen LogP contribution in [0.5, 0.6) is 0 Å². The highest BCUT2D eigenvalue weighted by atomic mass is 79.9. The summed E-state index contributed by atoms with van der Waals surface area (Å²) in [7, 11) is 0. The van der Waals surface area contributed by atoms with Gasteiger partial charge in [0.05, 0.1) is 17.7 Å². The third-order valence-electron chi connectivity index (χ3n) is 3.34. The Kier molecular flexibility index (Phi) is 3.48. The second kappa shape index (κ2) is 5.28. The molecule has 0 aliphatic heterocycles. The third-order valence-corrected chi connectivity index (χ3v) is 3.83. The van der Waals surface area contributed by atoms with Crippen molar-refractivity contribution in [2.45, 2.75) is 25.4 Å². The molecule has 1 aromatic heterocycles. The first-order chi connectivity index (χ1) is 9.65. The number of hydrogen-bond donors (Lipinski definition) is 0. The standard InChI is InChI=1S/C14H13BrN2O3/c15-10-3-6-13(14(8-10)17(18)19)16(11-4-5-11)9-12-2-1-7-20-12/h1-3,6-8,11H,4-5,9H2. The molecule has 1 aliphatic carbocycles. The summed E-state index contributed by atoms with van der Waals surface area (Å²) in [6.45, 7) is 0.556. The molecular formula is C14H13BrN2O3. The van der Waals surface area contributed by atoms with Crippen molar-refractivity contribution >= 4 is 27.3 Å². The van der Waals surface area contributed by atoms with Gasteiger partial charge in [0.25, 0.3) is 5.69 Å². The van der Waals surface area contributed by atoms with Crippen LogP contribution >= 0.6 is 15.9 Å². The molecule has 0 spiro atoms. The average Bonchev–Trinajstić information content (AvgIpc) is 3.13. The molecule has 1 saturated carbocycles. The number of halogens is 1. The first-order valence-corrected chi connectivity index (χ1v) is 7.17. The predicted molar refractivity (Wildman–Crippen MR) is 78.7 cm³/mol. The summed E-state index contributed by atoms with van der Waals surface area (Å²) in [4.78, 5) is 13.0. The molecule has 0 unspecified atom stereocenters. The summed E-state index contributed by atoms with van der Waals surface area (Å²) >= 11 is 3.29. The lowest BCUT2D eigenvalue weighted by molar-refractivity contribution is -0.384. The van der Waals surface area contributed by atoms with E-state index in [9.17, 15) is 10.1 Å². The summed E-state index contributed by atoms with van der Waals surface area (Å²) in [5.41, 5.74) is 0.773. The summed E-state index contributed by atoms with van der Waals surface area (Å²) in [5.74, 6) is 0.814. The van der Waals surface area contributed by atoms with E-state index in [1.807, 2.05) is 18.2 Å². The van der Waals surface area contributed by atoms with Gasteiger partial charge in [-0.15, -0.1) is 0 Å². The van der Waals surface area contributed by atoms with E-state index in [1.165, 1.54) is 0 Å². The first-order valence-electron chi connectivity index (χ1n) is 6.38.